The van der Waals surface area contributed by atoms with E-state index in [4.69, 9.17) is 4.74 Å². The Morgan fingerprint density at radius 3 is 2.94 bits per heavy atom. The van der Waals surface area contributed by atoms with Gasteiger partial charge in [0, 0.05) is 6.07 Å². The van der Waals surface area contributed by atoms with Crippen LogP contribution in [0.5, 0.6) is 5.75 Å². The summed E-state index contributed by atoms with van der Waals surface area (Å²) in [5.74, 6) is 0.552. The first-order chi connectivity index (χ1) is 8.52. The molecular formula is C10H8N2O3S3. The molecule has 0 saturated carbocycles. The van der Waals surface area contributed by atoms with Gasteiger partial charge in [0.1, 0.15) is 10.8 Å². The fraction of sp³-hybridized carbons (Fsp3) is 0.200. The number of aromatic nitrogens is 1. The lowest BCUT2D eigenvalue weighted by atomic mass is 10.3. The van der Waals surface area contributed by atoms with Crippen LogP contribution in [0.2, 0.25) is 0 Å². The molecule has 2 aromatic rings. The Labute approximate surface area is 112 Å². The van der Waals surface area contributed by atoms with Crippen LogP contribution in [-0.2, 0) is 10.0 Å². The second-order valence-electron chi connectivity index (χ2n) is 3.67. The zero-order valence-electron chi connectivity index (χ0n) is 9.28. The molecule has 0 saturated heterocycles. The highest BCUT2D eigenvalue weighted by Crippen LogP contribution is 2.28. The van der Waals surface area contributed by atoms with E-state index in [2.05, 4.69) is 9.38 Å². The van der Waals surface area contributed by atoms with E-state index in [9.17, 15) is 8.42 Å². The number of aryl methyl sites for hydroxylation is 1. The summed E-state index contributed by atoms with van der Waals surface area (Å²) in [5, 5.41) is 1.10. The van der Waals surface area contributed by atoms with Crippen LogP contribution in [0, 0.1) is 6.92 Å². The van der Waals surface area contributed by atoms with E-state index in [0.717, 1.165) is 27.0 Å². The van der Waals surface area contributed by atoms with Crippen molar-refractivity contribution in [3.8, 4) is 5.75 Å². The maximum absolute atomic E-state index is 11.1. The molecule has 0 bridgehead atoms. The Morgan fingerprint density at radius 2 is 2.22 bits per heavy atom. The van der Waals surface area contributed by atoms with E-state index < -0.39 is 10.0 Å². The van der Waals surface area contributed by atoms with Crippen molar-refractivity contribution < 1.29 is 13.2 Å². The highest BCUT2D eigenvalue weighted by Gasteiger charge is 2.23. The Balaban J connectivity index is 1.91. The first-order valence-electron chi connectivity index (χ1n) is 5.02. The van der Waals surface area contributed by atoms with Gasteiger partial charge in [-0.1, -0.05) is 0 Å². The summed E-state index contributed by atoms with van der Waals surface area (Å²) in [5.41, 5.74) is 0.849. The van der Waals surface area contributed by atoms with Crippen LogP contribution in [0.15, 0.2) is 22.6 Å². The number of thioether (sulfide) groups is 1. The molecule has 0 fully saturated rings. The first kappa shape index (κ1) is 11.9. The third-order valence-electron chi connectivity index (χ3n) is 2.22. The van der Waals surface area contributed by atoms with Crippen LogP contribution in [0.25, 0.3) is 10.2 Å². The predicted molar refractivity (Wildman–Crippen MR) is 73.8 cm³/mol. The largest absolute Gasteiger partial charge is 0.433 e. The van der Waals surface area contributed by atoms with Gasteiger partial charge in [0.25, 0.3) is 15.3 Å². The number of fused-ring (bicyclic) bond motifs is 1. The van der Waals surface area contributed by atoms with Crippen molar-refractivity contribution >= 4 is 48.6 Å². The Morgan fingerprint density at radius 1 is 1.39 bits per heavy atom. The summed E-state index contributed by atoms with van der Waals surface area (Å²) in [6.07, 6.45) is 0. The van der Waals surface area contributed by atoms with Gasteiger partial charge in [-0.2, -0.15) is 0 Å². The van der Waals surface area contributed by atoms with Crippen LogP contribution in [0.3, 0.4) is 0 Å². The quantitative estimate of drug-likeness (QED) is 0.808. The van der Waals surface area contributed by atoms with Crippen molar-refractivity contribution in [3.05, 3.63) is 23.2 Å². The molecule has 0 radical (unpaired) electrons. The smallest absolute Gasteiger partial charge is 0.268 e. The van der Waals surface area contributed by atoms with Crippen molar-refractivity contribution in [1.29, 1.82) is 0 Å². The molecule has 0 atom stereocenters. The molecule has 1 aromatic carbocycles. The topological polar surface area (TPSA) is 68.6 Å². The fourth-order valence-electron chi connectivity index (χ4n) is 1.53. The van der Waals surface area contributed by atoms with Gasteiger partial charge < -0.3 is 4.74 Å². The van der Waals surface area contributed by atoms with E-state index in [1.54, 1.807) is 23.5 Å². The van der Waals surface area contributed by atoms with Gasteiger partial charge in [-0.3, -0.25) is 0 Å². The molecule has 0 aliphatic carbocycles. The highest BCUT2D eigenvalue weighted by molar-refractivity contribution is 8.24. The molecule has 1 aromatic heterocycles. The highest BCUT2D eigenvalue weighted by atomic mass is 32.3. The molecule has 94 valence electrons. The maximum atomic E-state index is 11.1. The van der Waals surface area contributed by atoms with E-state index in [1.165, 1.54) is 0 Å². The van der Waals surface area contributed by atoms with Crippen LogP contribution in [0.1, 0.15) is 5.01 Å². The third kappa shape index (κ3) is 2.36. The minimum atomic E-state index is -3.34. The zero-order valence-corrected chi connectivity index (χ0v) is 11.7. The summed E-state index contributed by atoms with van der Waals surface area (Å²) in [7, 11) is -3.34. The molecule has 0 spiro atoms. The Bertz CT molecular complexity index is 749. The second kappa shape index (κ2) is 4.22. The van der Waals surface area contributed by atoms with Crippen LogP contribution in [0.4, 0.5) is 0 Å². The molecule has 1 aliphatic rings. The number of benzene rings is 1. The van der Waals surface area contributed by atoms with Gasteiger partial charge in [-0.15, -0.1) is 15.7 Å². The zero-order chi connectivity index (χ0) is 12.8. The second-order valence-corrected chi connectivity index (χ2v) is 7.83. The average Bonchev–Trinajstić information content (AvgIpc) is 2.80. The molecule has 1 aliphatic heterocycles. The number of nitrogens with zero attached hydrogens (tertiary/aromatic N) is 2. The summed E-state index contributed by atoms with van der Waals surface area (Å²) in [6, 6.07) is 5.48. The fourth-order valence-corrected chi connectivity index (χ4v) is 4.51. The van der Waals surface area contributed by atoms with Gasteiger partial charge in [-0.05, 0) is 30.8 Å². The van der Waals surface area contributed by atoms with Gasteiger partial charge in [0.15, 0.2) is 0 Å². The van der Waals surface area contributed by atoms with E-state index in [1.807, 2.05) is 13.0 Å². The average molecular weight is 300 g/mol. The molecule has 2 heterocycles. The normalized spacial score (nSPS) is 17.9. The maximum Gasteiger partial charge on any atom is 0.268 e. The molecule has 18 heavy (non-hydrogen) atoms. The van der Waals surface area contributed by atoms with Gasteiger partial charge in [0.05, 0.1) is 15.2 Å². The molecular weight excluding hydrogens is 292 g/mol. The number of thiazole rings is 1. The van der Waals surface area contributed by atoms with Crippen LogP contribution in [-0.4, -0.2) is 23.7 Å². The predicted octanol–water partition coefficient (Wildman–Crippen LogP) is 2.37. The third-order valence-corrected chi connectivity index (χ3v) is 5.81. The van der Waals surface area contributed by atoms with Crippen molar-refractivity contribution in [1.82, 2.24) is 4.98 Å². The van der Waals surface area contributed by atoms with E-state index in [0.29, 0.717) is 5.75 Å². The van der Waals surface area contributed by atoms with Crippen molar-refractivity contribution in [2.75, 3.05) is 5.08 Å². The molecule has 0 unspecified atom stereocenters. The molecule has 3 rings (SSSR count). The number of hydrogen-bond acceptors (Lipinski definition) is 6. The summed E-state index contributed by atoms with van der Waals surface area (Å²) in [6.45, 7) is 1.94. The SMILES string of the molecule is Cc1nc2cc(OC3=NS(=O)(=O)CS3)ccc2s1. The minimum absolute atomic E-state index is 0.0552. The van der Waals surface area contributed by atoms with E-state index in [-0.39, 0.29) is 10.3 Å². The lowest BCUT2D eigenvalue weighted by Crippen LogP contribution is -2.00. The number of ether oxygens (including phenoxy) is 1. The number of sulfonamides is 1. The number of rotatable bonds is 1. The Kier molecular flexibility index (Phi) is 2.80. The molecule has 8 heteroatoms. The van der Waals surface area contributed by atoms with E-state index >= 15 is 0 Å². The number of hydrogen-bond donors (Lipinski definition) is 0. The summed E-state index contributed by atoms with van der Waals surface area (Å²) >= 11 is 2.68. The monoisotopic (exact) mass is 300 g/mol. The standard InChI is InChI=1S/C10H8N2O3S3/c1-6-11-8-4-7(2-3-9(8)17-6)15-10-12-18(13,14)5-16-10/h2-4H,5H2,1H3. The summed E-state index contributed by atoms with van der Waals surface area (Å²) < 4.78 is 32.3. The van der Waals surface area contributed by atoms with Crippen molar-refractivity contribution in [3.63, 3.8) is 0 Å². The minimum Gasteiger partial charge on any atom is -0.433 e. The van der Waals surface area contributed by atoms with Crippen LogP contribution < -0.4 is 4.74 Å². The summed E-state index contributed by atoms with van der Waals surface area (Å²) in [4.78, 5) is 4.35. The Hall–Kier alpha value is -1.12. The first-order valence-corrected chi connectivity index (χ1v) is 8.43. The van der Waals surface area contributed by atoms with Crippen LogP contribution >= 0.6 is 23.1 Å². The van der Waals surface area contributed by atoms with Gasteiger partial charge in [0.2, 0.25) is 0 Å². The van der Waals surface area contributed by atoms with Crippen molar-refractivity contribution in [2.24, 2.45) is 4.40 Å². The molecule has 0 N–H and O–H groups in total. The lowest BCUT2D eigenvalue weighted by Gasteiger charge is -2.02. The lowest BCUT2D eigenvalue weighted by molar-refractivity contribution is 0.567. The molecule has 5 nitrogen and oxygen atoms in total. The molecule has 0 amide bonds. The van der Waals surface area contributed by atoms with Crippen molar-refractivity contribution in [2.45, 2.75) is 6.92 Å². The van der Waals surface area contributed by atoms with Gasteiger partial charge in [-0.25, -0.2) is 13.4 Å². The van der Waals surface area contributed by atoms with Gasteiger partial charge >= 0.3 is 0 Å².